The van der Waals surface area contributed by atoms with Gasteiger partial charge in [0, 0.05) is 24.5 Å². The Morgan fingerprint density at radius 2 is 1.91 bits per heavy atom. The summed E-state index contributed by atoms with van der Waals surface area (Å²) in [5, 5.41) is 2.55. The third kappa shape index (κ3) is 3.75. The van der Waals surface area contributed by atoms with Crippen molar-refractivity contribution in [2.24, 2.45) is 10.7 Å². The Balaban J connectivity index is 1.69. The number of ether oxygens (including phenoxy) is 1. The van der Waals surface area contributed by atoms with Crippen molar-refractivity contribution in [2.75, 3.05) is 24.3 Å². The zero-order valence-corrected chi connectivity index (χ0v) is 18.1. The Morgan fingerprint density at radius 1 is 1.19 bits per heavy atom. The van der Waals surface area contributed by atoms with Crippen LogP contribution in [0.2, 0.25) is 0 Å². The minimum absolute atomic E-state index is 0.0178. The van der Waals surface area contributed by atoms with Crippen molar-refractivity contribution in [1.82, 2.24) is 4.98 Å². The summed E-state index contributed by atoms with van der Waals surface area (Å²) in [6.07, 6.45) is 1.30. The number of aromatic nitrogens is 1. The van der Waals surface area contributed by atoms with E-state index < -0.39 is 43.4 Å². The zero-order chi connectivity index (χ0) is 23.1. The lowest BCUT2D eigenvalue weighted by Gasteiger charge is -2.43. The van der Waals surface area contributed by atoms with Gasteiger partial charge in [-0.1, -0.05) is 0 Å². The van der Waals surface area contributed by atoms with E-state index >= 15 is 0 Å². The standard InChI is InChI=1S/C21H22F2N4O4S/c1-20(12-32(29,30)21(19(24)27-20)6-8-31-9-7-21)15-10-14(3-4-16(15)23)26-18(28)17-5-2-13(22)11-25-17/h2-5,10-11H,6-9,12H2,1H3,(H2,24,27)(H,26,28). The van der Waals surface area contributed by atoms with Gasteiger partial charge in [0.05, 0.1) is 11.9 Å². The molecule has 0 radical (unpaired) electrons. The topological polar surface area (TPSA) is 124 Å². The highest BCUT2D eigenvalue weighted by molar-refractivity contribution is 7.93. The predicted octanol–water partition coefficient (Wildman–Crippen LogP) is 2.16. The van der Waals surface area contributed by atoms with E-state index in [1.807, 2.05) is 0 Å². The van der Waals surface area contributed by atoms with Crippen molar-refractivity contribution >= 4 is 27.3 Å². The van der Waals surface area contributed by atoms with E-state index in [2.05, 4.69) is 15.3 Å². The maximum Gasteiger partial charge on any atom is 0.274 e. The number of carbonyl (C=O) groups is 1. The molecule has 1 aromatic heterocycles. The SMILES string of the molecule is CC1(c2cc(NC(=O)c3ccc(F)cn3)ccc2F)CS(=O)(=O)C2(CCOCC2)C(N)=N1. The van der Waals surface area contributed by atoms with Gasteiger partial charge in [-0.2, -0.15) is 0 Å². The summed E-state index contributed by atoms with van der Waals surface area (Å²) in [6.45, 7) is 1.99. The summed E-state index contributed by atoms with van der Waals surface area (Å²) < 4.78 is 58.4. The fraction of sp³-hybridized carbons (Fsp3) is 0.381. The normalized spacial score (nSPS) is 24.0. The van der Waals surface area contributed by atoms with Gasteiger partial charge in [-0.15, -0.1) is 0 Å². The lowest BCUT2D eigenvalue weighted by Crippen LogP contribution is -2.60. The van der Waals surface area contributed by atoms with Crippen LogP contribution in [0.3, 0.4) is 0 Å². The van der Waals surface area contributed by atoms with Crippen LogP contribution in [0.1, 0.15) is 35.8 Å². The molecule has 1 unspecified atom stereocenters. The van der Waals surface area contributed by atoms with Crippen LogP contribution in [0.15, 0.2) is 41.5 Å². The quantitative estimate of drug-likeness (QED) is 0.718. The number of carbonyl (C=O) groups excluding carboxylic acids is 1. The van der Waals surface area contributed by atoms with Crippen molar-refractivity contribution in [2.45, 2.75) is 30.1 Å². The highest BCUT2D eigenvalue weighted by Crippen LogP contribution is 2.42. The van der Waals surface area contributed by atoms with Crippen molar-refractivity contribution in [1.29, 1.82) is 0 Å². The molecule has 32 heavy (non-hydrogen) atoms. The number of halogens is 2. The second kappa shape index (κ2) is 7.89. The number of pyridine rings is 1. The van der Waals surface area contributed by atoms with Crippen molar-refractivity contribution < 1.29 is 26.7 Å². The number of benzene rings is 1. The average Bonchev–Trinajstić information content (AvgIpc) is 2.74. The molecule has 0 bridgehead atoms. The Labute approximate surface area is 183 Å². The van der Waals surface area contributed by atoms with E-state index in [9.17, 15) is 22.0 Å². The number of nitrogens with two attached hydrogens (primary N) is 1. The molecule has 170 valence electrons. The molecule has 1 saturated heterocycles. The number of aliphatic imine (C=N–C) groups is 1. The minimum Gasteiger partial charge on any atom is -0.386 e. The number of anilines is 1. The van der Waals surface area contributed by atoms with E-state index in [1.54, 1.807) is 0 Å². The highest BCUT2D eigenvalue weighted by atomic mass is 32.2. The minimum atomic E-state index is -3.79. The lowest BCUT2D eigenvalue weighted by atomic mass is 9.91. The lowest BCUT2D eigenvalue weighted by molar-refractivity contribution is 0.0875. The van der Waals surface area contributed by atoms with E-state index in [1.165, 1.54) is 25.1 Å². The summed E-state index contributed by atoms with van der Waals surface area (Å²) in [5.41, 5.74) is 4.85. The first-order chi connectivity index (χ1) is 15.1. The monoisotopic (exact) mass is 464 g/mol. The first-order valence-corrected chi connectivity index (χ1v) is 11.6. The maximum atomic E-state index is 14.8. The maximum absolute atomic E-state index is 14.8. The molecule has 1 amide bonds. The number of nitrogens with one attached hydrogen (secondary N) is 1. The molecule has 2 aliphatic rings. The van der Waals surface area contributed by atoms with E-state index in [0.717, 1.165) is 18.3 Å². The molecule has 1 fully saturated rings. The average molecular weight is 464 g/mol. The second-order valence-corrected chi connectivity index (χ2v) is 10.4. The van der Waals surface area contributed by atoms with Crippen LogP contribution in [0, 0.1) is 11.6 Å². The van der Waals surface area contributed by atoms with Gasteiger partial charge in [0.25, 0.3) is 5.91 Å². The molecule has 8 nitrogen and oxygen atoms in total. The number of sulfone groups is 1. The Kier molecular flexibility index (Phi) is 5.49. The smallest absolute Gasteiger partial charge is 0.274 e. The van der Waals surface area contributed by atoms with Gasteiger partial charge in [-0.25, -0.2) is 22.2 Å². The molecule has 2 aromatic rings. The third-order valence-electron chi connectivity index (χ3n) is 5.97. The molecule has 0 aliphatic carbocycles. The molecule has 1 aromatic carbocycles. The highest BCUT2D eigenvalue weighted by Gasteiger charge is 2.55. The van der Waals surface area contributed by atoms with Gasteiger partial charge in [0.15, 0.2) is 9.84 Å². The summed E-state index contributed by atoms with van der Waals surface area (Å²) in [7, 11) is -3.79. The molecule has 2 aliphatic heterocycles. The van der Waals surface area contributed by atoms with Crippen molar-refractivity contribution in [3.8, 4) is 0 Å². The molecular weight excluding hydrogens is 442 g/mol. The van der Waals surface area contributed by atoms with Crippen LogP contribution in [-0.2, 0) is 20.1 Å². The van der Waals surface area contributed by atoms with Crippen LogP contribution < -0.4 is 11.1 Å². The van der Waals surface area contributed by atoms with Crippen LogP contribution >= 0.6 is 0 Å². The van der Waals surface area contributed by atoms with Gasteiger partial charge in [-0.05, 0) is 50.1 Å². The molecule has 0 saturated carbocycles. The molecule has 1 spiro atoms. The number of hydrogen-bond acceptors (Lipinski definition) is 7. The fourth-order valence-corrected chi connectivity index (χ4v) is 6.58. The number of amides is 1. The first-order valence-electron chi connectivity index (χ1n) is 9.95. The Hall–Kier alpha value is -2.92. The van der Waals surface area contributed by atoms with E-state index in [0.29, 0.717) is 0 Å². The molecule has 11 heteroatoms. The van der Waals surface area contributed by atoms with Crippen molar-refractivity contribution in [3.63, 3.8) is 0 Å². The first kappa shape index (κ1) is 22.3. The van der Waals surface area contributed by atoms with Gasteiger partial charge < -0.3 is 15.8 Å². The zero-order valence-electron chi connectivity index (χ0n) is 17.3. The Bertz CT molecular complexity index is 1190. The summed E-state index contributed by atoms with van der Waals surface area (Å²) in [6, 6.07) is 6.07. The molecule has 3 N–H and O–H groups in total. The third-order valence-corrected chi connectivity index (χ3v) is 8.72. The number of hydrogen-bond donors (Lipinski definition) is 2. The number of nitrogens with zero attached hydrogens (tertiary/aromatic N) is 2. The molecule has 4 rings (SSSR count). The molecule has 3 heterocycles. The van der Waals surface area contributed by atoms with Gasteiger partial charge in [0.2, 0.25) is 0 Å². The van der Waals surface area contributed by atoms with Crippen molar-refractivity contribution in [3.05, 3.63) is 59.4 Å². The molecular formula is C21H22F2N4O4S. The predicted molar refractivity (Wildman–Crippen MR) is 114 cm³/mol. The van der Waals surface area contributed by atoms with E-state index in [-0.39, 0.29) is 48.8 Å². The number of rotatable bonds is 3. The van der Waals surface area contributed by atoms with Crippen LogP contribution in [0.4, 0.5) is 14.5 Å². The van der Waals surface area contributed by atoms with E-state index in [4.69, 9.17) is 10.5 Å². The van der Waals surface area contributed by atoms with Gasteiger partial charge in [-0.3, -0.25) is 9.79 Å². The van der Waals surface area contributed by atoms with Crippen LogP contribution in [0.25, 0.3) is 0 Å². The number of amidine groups is 1. The fourth-order valence-electron chi connectivity index (χ4n) is 4.19. The summed E-state index contributed by atoms with van der Waals surface area (Å²) >= 11 is 0. The summed E-state index contributed by atoms with van der Waals surface area (Å²) in [5.74, 6) is -2.39. The van der Waals surface area contributed by atoms with Crippen LogP contribution in [-0.4, -0.2) is 48.9 Å². The Morgan fingerprint density at radius 3 is 2.53 bits per heavy atom. The van der Waals surface area contributed by atoms with Gasteiger partial charge in [0.1, 0.15) is 33.4 Å². The second-order valence-electron chi connectivity index (χ2n) is 8.15. The summed E-state index contributed by atoms with van der Waals surface area (Å²) in [4.78, 5) is 20.6. The molecule has 1 atom stereocenters. The van der Waals surface area contributed by atoms with Gasteiger partial charge >= 0.3 is 0 Å². The largest absolute Gasteiger partial charge is 0.386 e. The van der Waals surface area contributed by atoms with Crippen LogP contribution in [0.5, 0.6) is 0 Å².